The predicted molar refractivity (Wildman–Crippen MR) is 237 cm³/mol. The highest BCUT2D eigenvalue weighted by Crippen LogP contribution is 2.35. The van der Waals surface area contributed by atoms with E-state index in [0.29, 0.717) is 5.75 Å². The van der Waals surface area contributed by atoms with Crippen molar-refractivity contribution in [2.45, 2.75) is 178 Å². The molecule has 5 fully saturated rings. The topological polar surface area (TPSA) is 459 Å². The summed E-state index contributed by atoms with van der Waals surface area (Å²) in [6.07, 6.45) is -37.6. The molecule has 0 aromatic carbocycles. The maximum atomic E-state index is 11.2. The van der Waals surface area contributed by atoms with E-state index in [1.807, 2.05) is 0 Å². The molecule has 71 heavy (non-hydrogen) atoms. The molecule has 0 saturated carbocycles. The molecule has 11 unspecified atom stereocenters. The van der Waals surface area contributed by atoms with Gasteiger partial charge in [0.1, 0.15) is 128 Å². The Balaban J connectivity index is 0.926. The zero-order valence-corrected chi connectivity index (χ0v) is 40.0. The van der Waals surface area contributed by atoms with Crippen LogP contribution in [0, 0.1) is 0 Å². The summed E-state index contributed by atoms with van der Waals surface area (Å²) in [6.45, 7) is -1.32. The van der Waals surface area contributed by atoms with Crippen molar-refractivity contribution in [2.24, 2.45) is 0 Å². The summed E-state index contributed by atoms with van der Waals surface area (Å²) in [4.78, 5) is 0. The van der Waals surface area contributed by atoms with Gasteiger partial charge >= 0.3 is 0 Å². The SMILES string of the molecule is CC1OC(O[C@@H]2C(CO)O[C@H](O[C@@H]3C(CO)O[C@@H](SCCOCCSCC4O[C@H](O[C@@H]5C(CO)OCC(O)[C@H]5O)C(O)[C@@H](O)[C@@H]4O)C(O)[C@H]3O)C(O)[C@H]2O)[C@@H](O)[C@@H](O)[C@@H]1N[C@H]1C=C(CO)[C@H](O)C(O)[C@@H]1O. The van der Waals surface area contributed by atoms with Crippen molar-refractivity contribution in [3.05, 3.63) is 11.6 Å². The van der Waals surface area contributed by atoms with Gasteiger partial charge in [-0.2, -0.15) is 11.8 Å². The fourth-order valence-electron chi connectivity index (χ4n) is 9.08. The molecule has 28 nitrogen and oxygen atoms in total. The smallest absolute Gasteiger partial charge is 0.187 e. The average Bonchev–Trinajstić information content (AvgIpc) is 3.36. The summed E-state index contributed by atoms with van der Waals surface area (Å²) in [5.74, 6) is 0.695. The van der Waals surface area contributed by atoms with E-state index in [1.165, 1.54) is 24.8 Å². The molecule has 0 radical (unpaired) electrons. The maximum absolute atomic E-state index is 11.2. The van der Waals surface area contributed by atoms with Crippen molar-refractivity contribution in [1.29, 1.82) is 0 Å². The van der Waals surface area contributed by atoms with Crippen molar-refractivity contribution in [1.82, 2.24) is 5.32 Å². The summed E-state index contributed by atoms with van der Waals surface area (Å²) < 4.78 is 51.1. The molecule has 0 bridgehead atoms. The Kier molecular flexibility index (Phi) is 22.7. The number of aliphatic hydroxyl groups is 18. The first kappa shape index (κ1) is 59.6. The molecule has 30 heteroatoms. The third-order valence-corrected chi connectivity index (χ3v) is 15.5. The van der Waals surface area contributed by atoms with Gasteiger partial charge in [-0.05, 0) is 12.5 Å². The van der Waals surface area contributed by atoms with E-state index in [9.17, 15) is 91.9 Å². The summed E-state index contributed by atoms with van der Waals surface area (Å²) in [7, 11) is 0. The van der Waals surface area contributed by atoms with E-state index in [0.717, 1.165) is 11.8 Å². The minimum atomic E-state index is -1.98. The number of nitrogens with one attached hydrogen (secondary N) is 1. The number of hydrogen-bond donors (Lipinski definition) is 19. The van der Waals surface area contributed by atoms with Crippen LogP contribution in [0.2, 0.25) is 0 Å². The van der Waals surface area contributed by atoms with Crippen LogP contribution in [0.1, 0.15) is 6.92 Å². The molecule has 0 amide bonds. The van der Waals surface area contributed by atoms with Crippen LogP contribution >= 0.6 is 23.5 Å². The molecule has 414 valence electrons. The molecule has 6 aliphatic rings. The van der Waals surface area contributed by atoms with Crippen LogP contribution in [0.5, 0.6) is 0 Å². The number of ether oxygens (including phenoxy) is 9. The Morgan fingerprint density at radius 2 is 1.08 bits per heavy atom. The Morgan fingerprint density at radius 3 is 1.70 bits per heavy atom. The van der Waals surface area contributed by atoms with Crippen molar-refractivity contribution in [2.75, 3.05) is 63.5 Å². The van der Waals surface area contributed by atoms with Crippen LogP contribution in [0.25, 0.3) is 0 Å². The van der Waals surface area contributed by atoms with Crippen molar-refractivity contribution in [3.63, 3.8) is 0 Å². The second-order valence-corrected chi connectivity index (χ2v) is 20.5. The lowest BCUT2D eigenvalue weighted by Gasteiger charge is -2.49. The average molecular weight is 1070 g/mol. The molecule has 5 saturated heterocycles. The monoisotopic (exact) mass is 1070 g/mol. The first-order valence-corrected chi connectivity index (χ1v) is 25.4. The second-order valence-electron chi connectivity index (χ2n) is 18.1. The molecule has 1 aliphatic carbocycles. The normalized spacial score (nSPS) is 48.9. The summed E-state index contributed by atoms with van der Waals surface area (Å²) >= 11 is 2.30. The van der Waals surface area contributed by atoms with E-state index in [2.05, 4.69) is 5.32 Å². The quantitative estimate of drug-likeness (QED) is 0.0375. The van der Waals surface area contributed by atoms with Gasteiger partial charge in [0.15, 0.2) is 18.9 Å². The van der Waals surface area contributed by atoms with E-state index < -0.39 is 197 Å². The van der Waals surface area contributed by atoms with Crippen molar-refractivity contribution >= 4 is 23.5 Å². The summed E-state index contributed by atoms with van der Waals surface area (Å²) in [6, 6.07) is -2.24. The Hall–Kier alpha value is -0.680. The van der Waals surface area contributed by atoms with Crippen LogP contribution in [-0.4, -0.2) is 326 Å². The lowest BCUT2D eigenvalue weighted by atomic mass is 9.86. The largest absolute Gasteiger partial charge is 0.394 e. The third kappa shape index (κ3) is 13.7. The molecule has 28 atom stereocenters. The Labute approximate surface area is 415 Å². The van der Waals surface area contributed by atoms with Crippen LogP contribution < -0.4 is 5.32 Å². The molecule has 19 N–H and O–H groups in total. The fraction of sp³-hybridized carbons (Fsp3) is 0.951. The molecule has 0 aromatic rings. The van der Waals surface area contributed by atoms with Crippen LogP contribution in [-0.2, 0) is 42.6 Å². The molecule has 0 aromatic heterocycles. The molecule has 5 aliphatic heterocycles. The minimum absolute atomic E-state index is 0.00325. The van der Waals surface area contributed by atoms with Crippen LogP contribution in [0.3, 0.4) is 0 Å². The van der Waals surface area contributed by atoms with E-state index in [1.54, 1.807) is 0 Å². The number of aliphatic hydroxyl groups excluding tert-OH is 18. The molecular weight excluding hydrogens is 1000 g/mol. The van der Waals surface area contributed by atoms with Crippen molar-refractivity contribution < 1.29 is 135 Å². The zero-order valence-electron chi connectivity index (χ0n) is 38.4. The van der Waals surface area contributed by atoms with Crippen LogP contribution in [0.4, 0.5) is 0 Å². The first-order chi connectivity index (χ1) is 33.8. The van der Waals surface area contributed by atoms with Gasteiger partial charge in [-0.1, -0.05) is 6.08 Å². The fourth-order valence-corrected chi connectivity index (χ4v) is 11.0. The van der Waals surface area contributed by atoms with Gasteiger partial charge < -0.3 is 140 Å². The van der Waals surface area contributed by atoms with E-state index >= 15 is 0 Å². The highest BCUT2D eigenvalue weighted by atomic mass is 32.2. The molecule has 0 spiro atoms. The maximum Gasteiger partial charge on any atom is 0.187 e. The predicted octanol–water partition coefficient (Wildman–Crippen LogP) is -10.8. The summed E-state index contributed by atoms with van der Waals surface area (Å²) in [5.41, 5.74) is -1.11. The van der Waals surface area contributed by atoms with Gasteiger partial charge in [0, 0.05) is 17.3 Å². The number of hydrogen-bond acceptors (Lipinski definition) is 30. The Bertz CT molecular complexity index is 1630. The lowest BCUT2D eigenvalue weighted by Crippen LogP contribution is -2.68. The molecule has 5 heterocycles. The summed E-state index contributed by atoms with van der Waals surface area (Å²) in [5, 5.41) is 192. The highest BCUT2D eigenvalue weighted by molar-refractivity contribution is 7.99. The minimum Gasteiger partial charge on any atom is -0.394 e. The van der Waals surface area contributed by atoms with Gasteiger partial charge in [0.05, 0.1) is 70.5 Å². The highest BCUT2D eigenvalue weighted by Gasteiger charge is 2.54. The molecule has 6 rings (SSSR count). The molecular formula is C41H71NO27S2. The Morgan fingerprint density at radius 1 is 0.549 bits per heavy atom. The second kappa shape index (κ2) is 27.1. The van der Waals surface area contributed by atoms with Crippen LogP contribution in [0.15, 0.2) is 11.6 Å². The van der Waals surface area contributed by atoms with Crippen molar-refractivity contribution in [3.8, 4) is 0 Å². The first-order valence-electron chi connectivity index (χ1n) is 23.2. The third-order valence-electron chi connectivity index (χ3n) is 13.3. The van der Waals surface area contributed by atoms with Gasteiger partial charge in [-0.25, -0.2) is 0 Å². The lowest BCUT2D eigenvalue weighted by molar-refractivity contribution is -0.366. The van der Waals surface area contributed by atoms with Gasteiger partial charge in [-0.15, -0.1) is 11.8 Å². The number of thioether (sulfide) groups is 2. The standard InChI is InChI=1S/C41H71NO27S2/c1-13-21(42-15-6-14(7-43)22(48)27(53)23(15)49)26(52)31(57)38(63-13)68-36-18(9-45)64-40(33(59)29(36)55)69-37-19(10-46)66-41(34(60)30(37)56)71-5-3-61-2-4-70-12-20-25(51)28(54)32(58)39(65-20)67-35-17(8-44)62-11-16(47)24(35)50/h6,13,15-60H,2-5,7-12H2,1H3/t13?,15-,16?,17?,18?,19?,20?,21+,22-,23+,24+,25+,26-,27?,28-,29+,30+,31-,32?,33?,34?,35+,36+,37+,38?,39+,40+,41-/m0/s1. The van der Waals surface area contributed by atoms with E-state index in [-0.39, 0.29) is 36.9 Å². The number of rotatable bonds is 21. The van der Waals surface area contributed by atoms with Gasteiger partial charge in [-0.3, -0.25) is 0 Å². The van der Waals surface area contributed by atoms with Gasteiger partial charge in [0.25, 0.3) is 0 Å². The zero-order chi connectivity index (χ0) is 52.0. The van der Waals surface area contributed by atoms with Gasteiger partial charge in [0.2, 0.25) is 0 Å². The van der Waals surface area contributed by atoms with E-state index in [4.69, 9.17) is 42.6 Å².